The van der Waals surface area contributed by atoms with Crippen LogP contribution in [0.1, 0.15) is 12.8 Å². The van der Waals surface area contributed by atoms with Crippen LogP contribution in [0.5, 0.6) is 0 Å². The van der Waals surface area contributed by atoms with Crippen molar-refractivity contribution in [1.82, 2.24) is 4.98 Å². The molecule has 0 radical (unpaired) electrons. The van der Waals surface area contributed by atoms with E-state index in [0.717, 1.165) is 19.1 Å². The first-order chi connectivity index (χ1) is 9.11. The second-order valence-electron chi connectivity index (χ2n) is 4.81. The Hall–Kier alpha value is -0.710. The monoisotopic (exact) mass is 303 g/mol. The Kier molecular flexibility index (Phi) is 5.13. The standard InChI is InChI=1S/C13H19Cl2N3O/c1-16-12-10(14)7-11(15)13(17-12)18(2)5-6-19-8-9-3-4-9/h7,9H,3-6,8H2,1-2H3,(H,16,17). The quantitative estimate of drug-likeness (QED) is 0.784. The van der Waals surface area contributed by atoms with E-state index in [1.165, 1.54) is 12.8 Å². The Morgan fingerprint density at radius 2 is 2.16 bits per heavy atom. The zero-order chi connectivity index (χ0) is 13.8. The van der Waals surface area contributed by atoms with E-state index in [2.05, 4.69) is 10.3 Å². The van der Waals surface area contributed by atoms with E-state index in [1.54, 1.807) is 13.1 Å². The average molecular weight is 304 g/mol. The summed E-state index contributed by atoms with van der Waals surface area (Å²) < 4.78 is 5.62. The minimum absolute atomic E-state index is 0.523. The molecule has 0 spiro atoms. The molecule has 4 nitrogen and oxygen atoms in total. The summed E-state index contributed by atoms with van der Waals surface area (Å²) in [7, 11) is 3.73. The van der Waals surface area contributed by atoms with Crippen LogP contribution in [0, 0.1) is 5.92 Å². The van der Waals surface area contributed by atoms with Crippen molar-refractivity contribution in [2.75, 3.05) is 44.1 Å². The van der Waals surface area contributed by atoms with Crippen molar-refractivity contribution in [2.24, 2.45) is 5.92 Å². The molecule has 106 valence electrons. The molecule has 1 saturated carbocycles. The van der Waals surface area contributed by atoms with Gasteiger partial charge in [0.2, 0.25) is 0 Å². The van der Waals surface area contributed by atoms with Crippen molar-refractivity contribution in [3.05, 3.63) is 16.1 Å². The number of pyridine rings is 1. The van der Waals surface area contributed by atoms with E-state index in [-0.39, 0.29) is 0 Å². The first kappa shape index (κ1) is 14.7. The summed E-state index contributed by atoms with van der Waals surface area (Å²) >= 11 is 12.2. The highest BCUT2D eigenvalue weighted by Crippen LogP contribution is 2.31. The molecule has 0 saturated heterocycles. The second kappa shape index (κ2) is 6.64. The highest BCUT2D eigenvalue weighted by molar-refractivity contribution is 6.37. The molecule has 2 rings (SSSR count). The lowest BCUT2D eigenvalue weighted by Gasteiger charge is -2.20. The molecule has 1 fully saturated rings. The largest absolute Gasteiger partial charge is 0.379 e. The van der Waals surface area contributed by atoms with Gasteiger partial charge in [-0.15, -0.1) is 0 Å². The van der Waals surface area contributed by atoms with Crippen molar-refractivity contribution in [3.8, 4) is 0 Å². The Morgan fingerprint density at radius 1 is 1.42 bits per heavy atom. The topological polar surface area (TPSA) is 37.4 Å². The van der Waals surface area contributed by atoms with Crippen LogP contribution in [-0.2, 0) is 4.74 Å². The lowest BCUT2D eigenvalue weighted by Crippen LogP contribution is -2.24. The number of nitrogens with zero attached hydrogens (tertiary/aromatic N) is 2. The normalized spacial score (nSPS) is 14.5. The molecule has 1 aromatic heterocycles. The number of hydrogen-bond donors (Lipinski definition) is 1. The second-order valence-corrected chi connectivity index (χ2v) is 5.63. The van der Waals surface area contributed by atoms with E-state index in [1.807, 2.05) is 11.9 Å². The lowest BCUT2D eigenvalue weighted by atomic mass is 10.4. The molecule has 0 amide bonds. The summed E-state index contributed by atoms with van der Waals surface area (Å²) in [5.41, 5.74) is 0. The average Bonchev–Trinajstić information content (AvgIpc) is 3.18. The number of halogens is 2. The summed E-state index contributed by atoms with van der Waals surface area (Å²) in [6.07, 6.45) is 2.62. The van der Waals surface area contributed by atoms with Crippen LogP contribution in [0.2, 0.25) is 10.0 Å². The van der Waals surface area contributed by atoms with Gasteiger partial charge in [0.1, 0.15) is 11.6 Å². The maximum Gasteiger partial charge on any atom is 0.149 e. The van der Waals surface area contributed by atoms with E-state index in [9.17, 15) is 0 Å². The van der Waals surface area contributed by atoms with Crippen LogP contribution >= 0.6 is 23.2 Å². The lowest BCUT2D eigenvalue weighted by molar-refractivity contribution is 0.131. The maximum atomic E-state index is 6.17. The van der Waals surface area contributed by atoms with Crippen molar-refractivity contribution >= 4 is 34.8 Å². The zero-order valence-electron chi connectivity index (χ0n) is 11.2. The molecule has 0 atom stereocenters. The Balaban J connectivity index is 1.90. The molecule has 0 aliphatic heterocycles. The molecule has 0 bridgehead atoms. The van der Waals surface area contributed by atoms with Crippen LogP contribution in [0.3, 0.4) is 0 Å². The number of ether oxygens (including phenoxy) is 1. The predicted molar refractivity (Wildman–Crippen MR) is 80.6 cm³/mol. The molecule has 1 N–H and O–H groups in total. The number of nitrogens with one attached hydrogen (secondary N) is 1. The van der Waals surface area contributed by atoms with Crippen molar-refractivity contribution in [2.45, 2.75) is 12.8 Å². The van der Waals surface area contributed by atoms with Crippen LogP contribution in [0.4, 0.5) is 11.6 Å². The number of likely N-dealkylation sites (N-methyl/N-ethyl adjacent to an activating group) is 1. The van der Waals surface area contributed by atoms with Crippen LogP contribution in [0.15, 0.2) is 6.07 Å². The van der Waals surface area contributed by atoms with Gasteiger partial charge in [-0.05, 0) is 24.8 Å². The van der Waals surface area contributed by atoms with E-state index in [4.69, 9.17) is 27.9 Å². The van der Waals surface area contributed by atoms with E-state index >= 15 is 0 Å². The minimum Gasteiger partial charge on any atom is -0.379 e. The third kappa shape index (κ3) is 4.13. The molecule has 1 heterocycles. The van der Waals surface area contributed by atoms with Gasteiger partial charge in [0, 0.05) is 27.2 Å². The highest BCUT2D eigenvalue weighted by Gasteiger charge is 2.21. The van der Waals surface area contributed by atoms with Gasteiger partial charge in [-0.2, -0.15) is 0 Å². The molecule has 0 aromatic carbocycles. The van der Waals surface area contributed by atoms with E-state index < -0.39 is 0 Å². The van der Waals surface area contributed by atoms with Gasteiger partial charge in [-0.1, -0.05) is 23.2 Å². The number of aromatic nitrogens is 1. The molecule has 1 aliphatic carbocycles. The van der Waals surface area contributed by atoms with Gasteiger partial charge in [0.05, 0.1) is 16.7 Å². The molecule has 1 aromatic rings. The molecule has 0 unspecified atom stereocenters. The van der Waals surface area contributed by atoms with Crippen LogP contribution in [0.25, 0.3) is 0 Å². The van der Waals surface area contributed by atoms with Crippen molar-refractivity contribution < 1.29 is 4.74 Å². The third-order valence-corrected chi connectivity index (χ3v) is 3.70. The predicted octanol–water partition coefficient (Wildman–Crippen LogP) is 3.29. The summed E-state index contributed by atoms with van der Waals surface area (Å²) in [5, 5.41) is 4.02. The molecular weight excluding hydrogens is 285 g/mol. The molecular formula is C13H19Cl2N3O. The smallest absolute Gasteiger partial charge is 0.149 e. The van der Waals surface area contributed by atoms with Gasteiger partial charge in [-0.25, -0.2) is 4.98 Å². The summed E-state index contributed by atoms with van der Waals surface area (Å²) in [6, 6.07) is 1.71. The molecule has 6 heteroatoms. The summed E-state index contributed by atoms with van der Waals surface area (Å²) in [4.78, 5) is 6.39. The van der Waals surface area contributed by atoms with Gasteiger partial charge in [0.15, 0.2) is 0 Å². The van der Waals surface area contributed by atoms with Gasteiger partial charge in [0.25, 0.3) is 0 Å². The van der Waals surface area contributed by atoms with Gasteiger partial charge >= 0.3 is 0 Å². The fourth-order valence-corrected chi connectivity index (χ4v) is 2.34. The molecule has 19 heavy (non-hydrogen) atoms. The fraction of sp³-hybridized carbons (Fsp3) is 0.615. The summed E-state index contributed by atoms with van der Waals surface area (Å²) in [5.74, 6) is 2.13. The number of rotatable bonds is 7. The first-order valence-electron chi connectivity index (χ1n) is 6.44. The Labute approximate surface area is 124 Å². The first-order valence-corrected chi connectivity index (χ1v) is 7.20. The van der Waals surface area contributed by atoms with Gasteiger partial charge in [-0.3, -0.25) is 0 Å². The van der Waals surface area contributed by atoms with Crippen LogP contribution in [-0.4, -0.2) is 38.8 Å². The number of anilines is 2. The maximum absolute atomic E-state index is 6.17. The molecule has 1 aliphatic rings. The van der Waals surface area contributed by atoms with Gasteiger partial charge < -0.3 is 15.0 Å². The Morgan fingerprint density at radius 3 is 2.79 bits per heavy atom. The SMILES string of the molecule is CNc1nc(N(C)CCOCC2CC2)c(Cl)cc1Cl. The minimum atomic E-state index is 0.523. The van der Waals surface area contributed by atoms with Crippen molar-refractivity contribution in [3.63, 3.8) is 0 Å². The van der Waals surface area contributed by atoms with Crippen LogP contribution < -0.4 is 10.2 Å². The van der Waals surface area contributed by atoms with E-state index in [0.29, 0.717) is 28.3 Å². The number of hydrogen-bond acceptors (Lipinski definition) is 4. The zero-order valence-corrected chi connectivity index (χ0v) is 12.8. The third-order valence-electron chi connectivity index (χ3n) is 3.13. The van der Waals surface area contributed by atoms with Crippen molar-refractivity contribution in [1.29, 1.82) is 0 Å². The Bertz CT molecular complexity index is 438. The fourth-order valence-electron chi connectivity index (χ4n) is 1.74. The summed E-state index contributed by atoms with van der Waals surface area (Å²) in [6.45, 7) is 2.31. The highest BCUT2D eigenvalue weighted by atomic mass is 35.5.